The molecule has 1 atom stereocenters. The Hall–Kier alpha value is -2.25. The number of hydrogen-bond donors (Lipinski definition) is 1. The van der Waals surface area contributed by atoms with Gasteiger partial charge in [0.15, 0.2) is 17.5 Å². The van der Waals surface area contributed by atoms with Gasteiger partial charge in [0.25, 0.3) is 0 Å². The molecule has 0 radical (unpaired) electrons. The summed E-state index contributed by atoms with van der Waals surface area (Å²) in [5, 5.41) is 0. The summed E-state index contributed by atoms with van der Waals surface area (Å²) < 4.78 is 40.3. The van der Waals surface area contributed by atoms with Crippen LogP contribution in [-0.2, 0) is 6.54 Å². The van der Waals surface area contributed by atoms with Crippen molar-refractivity contribution in [1.29, 1.82) is 0 Å². The fourth-order valence-corrected chi connectivity index (χ4v) is 2.96. The lowest BCUT2D eigenvalue weighted by molar-refractivity contribution is -0.0505. The van der Waals surface area contributed by atoms with E-state index in [2.05, 4.69) is 16.7 Å². The van der Waals surface area contributed by atoms with Crippen LogP contribution in [0.25, 0.3) is 0 Å². The van der Waals surface area contributed by atoms with Gasteiger partial charge in [-0.15, -0.1) is 0 Å². The average Bonchev–Trinajstić information content (AvgIpc) is 2.99. The maximum atomic E-state index is 12.6. The lowest BCUT2D eigenvalue weighted by atomic mass is 10.0. The number of nitrogens with zero attached hydrogens (tertiary/aromatic N) is 2. The zero-order chi connectivity index (χ0) is 17.1. The summed E-state index contributed by atoms with van der Waals surface area (Å²) >= 11 is 0. The average molecular weight is 341 g/mol. The molecule has 24 heavy (non-hydrogen) atoms. The van der Waals surface area contributed by atoms with E-state index in [1.54, 1.807) is 6.07 Å². The highest BCUT2D eigenvalue weighted by atomic mass is 19.3. The second kappa shape index (κ2) is 7.11. The van der Waals surface area contributed by atoms with Gasteiger partial charge in [0, 0.05) is 24.7 Å². The van der Waals surface area contributed by atoms with Gasteiger partial charge in [-0.1, -0.05) is 6.92 Å². The summed E-state index contributed by atoms with van der Waals surface area (Å²) in [6.45, 7) is 1.16. The SMILES string of the molecule is CC1CCCN(C(N)=NCc2cc3c(cc2OC(F)F)OCO3)C1. The van der Waals surface area contributed by atoms with Crippen molar-refractivity contribution in [2.45, 2.75) is 32.9 Å². The van der Waals surface area contributed by atoms with Crippen LogP contribution in [0.2, 0.25) is 0 Å². The van der Waals surface area contributed by atoms with E-state index in [0.717, 1.165) is 19.5 Å². The van der Waals surface area contributed by atoms with Gasteiger partial charge in [-0.25, -0.2) is 4.99 Å². The first kappa shape index (κ1) is 16.6. The molecule has 0 spiro atoms. The van der Waals surface area contributed by atoms with Crippen molar-refractivity contribution in [3.8, 4) is 17.2 Å². The molecule has 1 unspecified atom stereocenters. The van der Waals surface area contributed by atoms with E-state index in [9.17, 15) is 8.78 Å². The van der Waals surface area contributed by atoms with Crippen LogP contribution in [0.15, 0.2) is 17.1 Å². The normalized spacial score (nSPS) is 20.6. The number of piperidine rings is 1. The number of halogens is 2. The zero-order valence-electron chi connectivity index (χ0n) is 13.5. The van der Waals surface area contributed by atoms with Crippen molar-refractivity contribution >= 4 is 5.96 Å². The molecule has 2 aliphatic rings. The van der Waals surface area contributed by atoms with Gasteiger partial charge in [-0.2, -0.15) is 8.78 Å². The van der Waals surface area contributed by atoms with Crippen LogP contribution in [0.3, 0.4) is 0 Å². The molecule has 0 bridgehead atoms. The number of aliphatic imine (C=N–C) groups is 1. The minimum atomic E-state index is -2.92. The molecule has 1 fully saturated rings. The minimum absolute atomic E-state index is 0.0258. The third kappa shape index (κ3) is 3.80. The number of hydrogen-bond acceptors (Lipinski definition) is 4. The van der Waals surface area contributed by atoms with Crippen molar-refractivity contribution in [3.05, 3.63) is 17.7 Å². The summed E-state index contributed by atoms with van der Waals surface area (Å²) in [5.41, 5.74) is 6.53. The van der Waals surface area contributed by atoms with Crippen LogP contribution >= 0.6 is 0 Å². The molecule has 2 heterocycles. The fourth-order valence-electron chi connectivity index (χ4n) is 2.96. The summed E-state index contributed by atoms with van der Waals surface area (Å²) in [6, 6.07) is 3.01. The van der Waals surface area contributed by atoms with Crippen LogP contribution in [0.4, 0.5) is 8.78 Å². The highest BCUT2D eigenvalue weighted by molar-refractivity contribution is 5.78. The van der Waals surface area contributed by atoms with Crippen LogP contribution in [0.1, 0.15) is 25.3 Å². The number of rotatable bonds is 4. The van der Waals surface area contributed by atoms with E-state index in [4.69, 9.17) is 15.2 Å². The molecule has 0 saturated carbocycles. The van der Waals surface area contributed by atoms with Crippen molar-refractivity contribution < 1.29 is 23.0 Å². The molecule has 132 valence electrons. The third-order valence-electron chi connectivity index (χ3n) is 4.16. The molecule has 0 aromatic heterocycles. The summed E-state index contributed by atoms with van der Waals surface area (Å²) in [6.07, 6.45) is 2.25. The van der Waals surface area contributed by atoms with E-state index in [-0.39, 0.29) is 19.1 Å². The summed E-state index contributed by atoms with van der Waals surface area (Å²) in [7, 11) is 0. The Labute approximate surface area is 139 Å². The maximum absolute atomic E-state index is 12.6. The molecule has 2 aliphatic heterocycles. The highest BCUT2D eigenvalue weighted by Crippen LogP contribution is 2.39. The van der Waals surface area contributed by atoms with E-state index in [0.29, 0.717) is 28.9 Å². The smallest absolute Gasteiger partial charge is 0.387 e. The van der Waals surface area contributed by atoms with Crippen molar-refractivity contribution in [1.82, 2.24) is 4.90 Å². The largest absolute Gasteiger partial charge is 0.454 e. The Balaban J connectivity index is 1.76. The van der Waals surface area contributed by atoms with Gasteiger partial charge in [0.05, 0.1) is 6.54 Å². The van der Waals surface area contributed by atoms with Gasteiger partial charge in [-0.05, 0) is 24.8 Å². The number of alkyl halides is 2. The molecule has 2 N–H and O–H groups in total. The zero-order valence-corrected chi connectivity index (χ0v) is 13.5. The Morgan fingerprint density at radius 2 is 2.17 bits per heavy atom. The minimum Gasteiger partial charge on any atom is -0.454 e. The lowest BCUT2D eigenvalue weighted by Gasteiger charge is -2.31. The van der Waals surface area contributed by atoms with E-state index < -0.39 is 6.61 Å². The first-order valence-corrected chi connectivity index (χ1v) is 7.95. The molecular weight excluding hydrogens is 320 g/mol. The Kier molecular flexibility index (Phi) is 4.92. The maximum Gasteiger partial charge on any atom is 0.387 e. The number of benzene rings is 1. The summed E-state index contributed by atoms with van der Waals surface area (Å²) in [5.74, 6) is 1.89. The topological polar surface area (TPSA) is 69.3 Å². The molecule has 0 amide bonds. The fraction of sp³-hybridized carbons (Fsp3) is 0.562. The van der Waals surface area contributed by atoms with Crippen LogP contribution < -0.4 is 19.9 Å². The van der Waals surface area contributed by atoms with Gasteiger partial charge in [-0.3, -0.25) is 0 Å². The molecule has 8 heteroatoms. The molecule has 3 rings (SSSR count). The Morgan fingerprint density at radius 1 is 1.42 bits per heavy atom. The molecule has 6 nitrogen and oxygen atoms in total. The number of nitrogens with two attached hydrogens (primary N) is 1. The monoisotopic (exact) mass is 341 g/mol. The summed E-state index contributed by atoms with van der Waals surface area (Å²) in [4.78, 5) is 6.37. The third-order valence-corrected chi connectivity index (χ3v) is 4.16. The van der Waals surface area contributed by atoms with Crippen LogP contribution in [0.5, 0.6) is 17.2 Å². The molecule has 1 saturated heterocycles. The predicted octanol–water partition coefficient (Wildman–Crippen LogP) is 2.56. The number of fused-ring (bicyclic) bond motifs is 1. The molecule has 1 aromatic carbocycles. The number of guanidine groups is 1. The van der Waals surface area contributed by atoms with Crippen LogP contribution in [-0.4, -0.2) is 37.4 Å². The van der Waals surface area contributed by atoms with Gasteiger partial charge >= 0.3 is 6.61 Å². The van der Waals surface area contributed by atoms with E-state index in [1.165, 1.54) is 12.5 Å². The van der Waals surface area contributed by atoms with Gasteiger partial charge in [0.1, 0.15) is 5.75 Å². The van der Waals surface area contributed by atoms with Gasteiger partial charge in [0.2, 0.25) is 6.79 Å². The van der Waals surface area contributed by atoms with Crippen LogP contribution in [0, 0.1) is 5.92 Å². The quantitative estimate of drug-likeness (QED) is 0.673. The van der Waals surface area contributed by atoms with Crippen molar-refractivity contribution in [2.24, 2.45) is 16.6 Å². The number of ether oxygens (including phenoxy) is 3. The predicted molar refractivity (Wildman–Crippen MR) is 84.5 cm³/mol. The van der Waals surface area contributed by atoms with E-state index >= 15 is 0 Å². The van der Waals surface area contributed by atoms with Gasteiger partial charge < -0.3 is 24.8 Å². The molecular formula is C16H21F2N3O3. The van der Waals surface area contributed by atoms with E-state index in [1.807, 2.05) is 4.90 Å². The molecule has 0 aliphatic carbocycles. The second-order valence-corrected chi connectivity index (χ2v) is 6.06. The Morgan fingerprint density at radius 3 is 2.88 bits per heavy atom. The first-order chi connectivity index (χ1) is 11.5. The number of likely N-dealkylation sites (tertiary alicyclic amines) is 1. The molecule has 1 aromatic rings. The van der Waals surface area contributed by atoms with Crippen molar-refractivity contribution in [3.63, 3.8) is 0 Å². The van der Waals surface area contributed by atoms with Crippen molar-refractivity contribution in [2.75, 3.05) is 19.9 Å². The second-order valence-electron chi connectivity index (χ2n) is 6.06. The standard InChI is InChI=1S/C16H21F2N3O3/c1-10-3-2-4-21(8-10)16(19)20-7-11-5-13-14(23-9-22-13)6-12(11)24-15(17)18/h5-6,10,15H,2-4,7-9H2,1H3,(H2,19,20). The lowest BCUT2D eigenvalue weighted by Crippen LogP contribution is -2.43. The Bertz CT molecular complexity index is 625. The highest BCUT2D eigenvalue weighted by Gasteiger charge is 2.21. The first-order valence-electron chi connectivity index (χ1n) is 7.95.